The van der Waals surface area contributed by atoms with Gasteiger partial charge in [0.25, 0.3) is 0 Å². The third-order valence-corrected chi connectivity index (χ3v) is 0. The van der Waals surface area contributed by atoms with E-state index in [9.17, 15) is 0 Å². The van der Waals surface area contributed by atoms with Gasteiger partial charge in [0, 0.05) is 0 Å². The van der Waals surface area contributed by atoms with E-state index >= 15 is 0 Å². The van der Waals surface area contributed by atoms with E-state index in [0.29, 0.717) is 0 Å². The van der Waals surface area contributed by atoms with Crippen LogP contribution in [0.2, 0.25) is 19.8 Å². The van der Waals surface area contributed by atoms with Gasteiger partial charge in [-0.15, -0.1) is 0 Å². The van der Waals surface area contributed by atoms with Gasteiger partial charge in [-0.1, -0.05) is 0 Å². The summed E-state index contributed by atoms with van der Waals surface area (Å²) in [7, 11) is 0. The van der Waals surface area contributed by atoms with E-state index < -0.39 is 0 Å². The second-order valence-corrected chi connectivity index (χ2v) is 6.71. The Labute approximate surface area is 61.5 Å². The summed E-state index contributed by atoms with van der Waals surface area (Å²) in [5, 5.41) is 0. The molecule has 6 heavy (non-hydrogen) atoms. The molecule has 0 aromatic heterocycles. The molecular weight excluding hydrogens is 285 g/mol. The second-order valence-electron chi connectivity index (χ2n) is 1.00. The van der Waals surface area contributed by atoms with Gasteiger partial charge in [0.15, 0.2) is 0 Å². The summed E-state index contributed by atoms with van der Waals surface area (Å²) in [6.45, 7) is 0. The summed E-state index contributed by atoms with van der Waals surface area (Å²) in [6, 6.07) is 0. The van der Waals surface area contributed by atoms with Gasteiger partial charge >= 0.3 is 62.0 Å². The zero-order valence-electron chi connectivity index (χ0n) is 5.00. The normalized spacial score (nSPS) is 3.33. The Morgan fingerprint density at radius 2 is 0.667 bits per heavy atom. The molecule has 0 saturated heterocycles. The zero-order chi connectivity index (χ0) is 5.41. The first-order valence-corrected chi connectivity index (χ1v) is 13.4. The molecule has 0 nitrogen and oxygen atoms in total. The predicted octanol–water partition coefficient (Wildman–Crippen LogP) is 1.57. The van der Waals surface area contributed by atoms with Crippen LogP contribution in [-0.4, -0.2) is 42.3 Å². The molecule has 0 fully saturated rings. The van der Waals surface area contributed by atoms with E-state index in [1.807, 2.05) is 0 Å². The van der Waals surface area contributed by atoms with Crippen molar-refractivity contribution < 1.29 is 0 Å². The first-order chi connectivity index (χ1) is 2.83. The SMILES string of the molecule is [CH3][Sn+2][CH3].[CH3][Sn+2][CH3]. The van der Waals surface area contributed by atoms with Crippen molar-refractivity contribution in [3.63, 3.8) is 0 Å². The van der Waals surface area contributed by atoms with Crippen molar-refractivity contribution >= 4 is 42.3 Å². The van der Waals surface area contributed by atoms with Crippen molar-refractivity contribution in [1.82, 2.24) is 0 Å². The van der Waals surface area contributed by atoms with Gasteiger partial charge in [-0.3, -0.25) is 0 Å². The van der Waals surface area contributed by atoms with E-state index in [0.717, 1.165) is 0 Å². The molecule has 0 N–H and O–H groups in total. The van der Waals surface area contributed by atoms with Crippen molar-refractivity contribution in [3.05, 3.63) is 0 Å². The Morgan fingerprint density at radius 1 is 0.667 bits per heavy atom. The van der Waals surface area contributed by atoms with Gasteiger partial charge in [0.2, 0.25) is 0 Å². The molecule has 0 aliphatic rings. The maximum absolute atomic E-state index is 2.30. The van der Waals surface area contributed by atoms with Gasteiger partial charge in [-0.05, 0) is 0 Å². The topological polar surface area (TPSA) is 0 Å². The van der Waals surface area contributed by atoms with Crippen molar-refractivity contribution in [1.29, 1.82) is 0 Å². The van der Waals surface area contributed by atoms with E-state index in [2.05, 4.69) is 19.8 Å². The quantitative estimate of drug-likeness (QED) is 0.596. The summed E-state index contributed by atoms with van der Waals surface area (Å²) in [5.41, 5.74) is 0. The molecule has 0 aromatic carbocycles. The van der Waals surface area contributed by atoms with E-state index in [4.69, 9.17) is 0 Å². The van der Waals surface area contributed by atoms with Gasteiger partial charge < -0.3 is 0 Å². The number of hydrogen-bond donors (Lipinski definition) is 0. The molecular formula is C4H12Sn2+4. The molecule has 0 saturated carbocycles. The Kier molecular flexibility index (Phi) is 28.1. The van der Waals surface area contributed by atoms with Crippen LogP contribution in [0.3, 0.4) is 0 Å². The first-order valence-electron chi connectivity index (χ1n) is 2.00. The molecule has 0 bridgehead atoms. The molecule has 0 unspecified atom stereocenters. The summed E-state index contributed by atoms with van der Waals surface area (Å²) < 4.78 is 0. The predicted molar refractivity (Wildman–Crippen MR) is 35.0 cm³/mol. The average Bonchev–Trinajstić information content (AvgIpc) is 1.39. The van der Waals surface area contributed by atoms with Crippen LogP contribution in [0.25, 0.3) is 0 Å². The first kappa shape index (κ1) is 10.6. The Balaban J connectivity index is 0. The summed E-state index contributed by atoms with van der Waals surface area (Å²) in [5.74, 6) is 0. The van der Waals surface area contributed by atoms with E-state index in [1.165, 1.54) is 0 Å². The number of rotatable bonds is 0. The Hall–Kier alpha value is 1.60. The molecule has 0 aliphatic carbocycles. The summed E-state index contributed by atoms with van der Waals surface area (Å²) in [4.78, 5) is 9.18. The number of hydrogen-bond acceptors (Lipinski definition) is 0. The fourth-order valence-corrected chi connectivity index (χ4v) is 0. The zero-order valence-corrected chi connectivity index (χ0v) is 10.7. The molecule has 0 aromatic rings. The molecule has 32 valence electrons. The van der Waals surface area contributed by atoms with Gasteiger partial charge in [-0.2, -0.15) is 0 Å². The second kappa shape index (κ2) is 16.0. The molecule has 2 heteroatoms. The monoisotopic (exact) mass is 300 g/mol. The fraction of sp³-hybridized carbons (Fsp3) is 1.00. The Morgan fingerprint density at radius 3 is 0.667 bits per heavy atom. The van der Waals surface area contributed by atoms with Crippen LogP contribution in [0.15, 0.2) is 0 Å². The third kappa shape index (κ3) is 46.4. The molecule has 0 amide bonds. The fourth-order valence-electron chi connectivity index (χ4n) is 0. The van der Waals surface area contributed by atoms with Crippen molar-refractivity contribution in [3.8, 4) is 0 Å². The van der Waals surface area contributed by atoms with Crippen molar-refractivity contribution in [2.45, 2.75) is 19.8 Å². The van der Waals surface area contributed by atoms with Crippen LogP contribution in [0.1, 0.15) is 0 Å². The van der Waals surface area contributed by atoms with Gasteiger partial charge in [0.05, 0.1) is 0 Å². The van der Waals surface area contributed by atoms with Crippen LogP contribution in [0.4, 0.5) is 0 Å². The van der Waals surface area contributed by atoms with Crippen LogP contribution < -0.4 is 0 Å². The molecule has 0 spiro atoms. The Bertz CT molecular complexity index is 7.51. The maximum atomic E-state index is 2.30. The van der Waals surface area contributed by atoms with Crippen LogP contribution in [-0.2, 0) is 0 Å². The minimum atomic E-state index is 0.230. The van der Waals surface area contributed by atoms with Crippen LogP contribution in [0.5, 0.6) is 0 Å². The molecule has 0 heterocycles. The van der Waals surface area contributed by atoms with Gasteiger partial charge in [-0.25, -0.2) is 0 Å². The van der Waals surface area contributed by atoms with E-state index in [-0.39, 0.29) is 42.3 Å². The standard InChI is InChI=1S/4CH3.2Sn/h4*1H3;;/q;;;;2*+2. The summed E-state index contributed by atoms with van der Waals surface area (Å²) >= 11 is 0.460. The van der Waals surface area contributed by atoms with Crippen molar-refractivity contribution in [2.75, 3.05) is 0 Å². The molecule has 0 aliphatic heterocycles. The summed E-state index contributed by atoms with van der Waals surface area (Å²) in [6.07, 6.45) is 0. The minimum absolute atomic E-state index is 0.230. The van der Waals surface area contributed by atoms with Crippen LogP contribution >= 0.6 is 0 Å². The average molecular weight is 298 g/mol. The van der Waals surface area contributed by atoms with Gasteiger partial charge in [0.1, 0.15) is 0 Å². The third-order valence-electron chi connectivity index (χ3n) is 0. The van der Waals surface area contributed by atoms with E-state index in [1.54, 1.807) is 0 Å². The van der Waals surface area contributed by atoms with Crippen LogP contribution in [0, 0.1) is 0 Å². The molecule has 0 atom stereocenters. The molecule has 0 radical (unpaired) electrons. The molecule has 0 rings (SSSR count). The van der Waals surface area contributed by atoms with Crippen molar-refractivity contribution in [2.24, 2.45) is 0 Å².